The molecule has 5 heteroatoms. The van der Waals surface area contributed by atoms with Gasteiger partial charge in [-0.1, -0.05) is 6.42 Å². The zero-order chi connectivity index (χ0) is 15.0. The first-order valence-corrected chi connectivity index (χ1v) is 8.79. The summed E-state index contributed by atoms with van der Waals surface area (Å²) in [6, 6.07) is 0. The van der Waals surface area contributed by atoms with E-state index in [0.29, 0.717) is 11.8 Å². The van der Waals surface area contributed by atoms with Gasteiger partial charge in [-0.3, -0.25) is 4.79 Å². The molecule has 0 atom stereocenters. The van der Waals surface area contributed by atoms with Crippen molar-refractivity contribution in [1.82, 2.24) is 10.6 Å². The lowest BCUT2D eigenvalue weighted by atomic mass is 9.66. The van der Waals surface area contributed by atoms with Crippen LogP contribution >= 0.6 is 12.4 Å². The molecule has 0 unspecified atom stereocenters. The molecule has 1 heterocycles. The molecule has 0 bridgehead atoms. The highest BCUT2D eigenvalue weighted by Crippen LogP contribution is 2.43. The molecule has 0 spiro atoms. The lowest BCUT2D eigenvalue weighted by molar-refractivity contribution is -0.122. The van der Waals surface area contributed by atoms with Crippen molar-refractivity contribution < 1.29 is 9.53 Å². The lowest BCUT2D eigenvalue weighted by Gasteiger charge is -2.42. The van der Waals surface area contributed by atoms with Crippen LogP contribution in [-0.2, 0) is 9.53 Å². The van der Waals surface area contributed by atoms with Crippen LogP contribution in [0.5, 0.6) is 0 Å². The Morgan fingerprint density at radius 3 is 2.64 bits per heavy atom. The van der Waals surface area contributed by atoms with Crippen LogP contribution < -0.4 is 10.6 Å². The number of ether oxygens (including phenoxy) is 1. The summed E-state index contributed by atoms with van der Waals surface area (Å²) >= 11 is 0. The molecule has 2 aliphatic rings. The zero-order valence-electron chi connectivity index (χ0n) is 14.0. The second kappa shape index (κ2) is 10.5. The van der Waals surface area contributed by atoms with Crippen molar-refractivity contribution >= 4 is 18.3 Å². The number of hydrogen-bond acceptors (Lipinski definition) is 3. The summed E-state index contributed by atoms with van der Waals surface area (Å²) in [4.78, 5) is 12.0. The van der Waals surface area contributed by atoms with E-state index in [1.807, 2.05) is 6.92 Å². The minimum atomic E-state index is 0. The molecule has 2 N–H and O–H groups in total. The highest BCUT2D eigenvalue weighted by Gasteiger charge is 2.36. The minimum absolute atomic E-state index is 0. The Bertz CT molecular complexity index is 316. The van der Waals surface area contributed by atoms with Crippen molar-refractivity contribution in [1.29, 1.82) is 0 Å². The van der Waals surface area contributed by atoms with E-state index in [1.54, 1.807) is 0 Å². The number of halogens is 1. The summed E-state index contributed by atoms with van der Waals surface area (Å²) in [6.07, 6.45) is 9.10. The Balaban J connectivity index is 0.00000242. The number of hydrogen-bond donors (Lipinski definition) is 2. The molecule has 1 aliphatic heterocycles. The molecule has 22 heavy (non-hydrogen) atoms. The van der Waals surface area contributed by atoms with Crippen LogP contribution in [0.2, 0.25) is 0 Å². The van der Waals surface area contributed by atoms with Crippen LogP contribution in [-0.4, -0.2) is 38.8 Å². The third-order valence-electron chi connectivity index (χ3n) is 5.29. The summed E-state index contributed by atoms with van der Waals surface area (Å²) in [5, 5.41) is 6.56. The SMILES string of the molecule is CCOCCC1(CNC(=O)CCC2CCNCC2)CCC1.Cl. The summed E-state index contributed by atoms with van der Waals surface area (Å²) in [5.74, 6) is 0.990. The van der Waals surface area contributed by atoms with Crippen LogP contribution in [0.1, 0.15) is 58.3 Å². The summed E-state index contributed by atoms with van der Waals surface area (Å²) in [7, 11) is 0. The van der Waals surface area contributed by atoms with Crippen LogP contribution in [0.15, 0.2) is 0 Å². The molecule has 1 amide bonds. The monoisotopic (exact) mass is 332 g/mol. The quantitative estimate of drug-likeness (QED) is 0.638. The average molecular weight is 333 g/mol. The lowest BCUT2D eigenvalue weighted by Crippen LogP contribution is -2.43. The molecule has 0 aromatic heterocycles. The van der Waals surface area contributed by atoms with E-state index in [0.717, 1.165) is 51.6 Å². The second-order valence-electron chi connectivity index (χ2n) is 6.81. The van der Waals surface area contributed by atoms with Gasteiger partial charge in [0.15, 0.2) is 0 Å². The fourth-order valence-corrected chi connectivity index (χ4v) is 3.51. The highest BCUT2D eigenvalue weighted by atomic mass is 35.5. The van der Waals surface area contributed by atoms with E-state index in [9.17, 15) is 4.79 Å². The molecule has 0 radical (unpaired) electrons. The third kappa shape index (κ3) is 6.43. The highest BCUT2D eigenvalue weighted by molar-refractivity contribution is 5.85. The molecule has 130 valence electrons. The van der Waals surface area contributed by atoms with Crippen molar-refractivity contribution in [3.8, 4) is 0 Å². The Morgan fingerprint density at radius 1 is 1.32 bits per heavy atom. The predicted octanol–water partition coefficient (Wildman–Crippen LogP) is 2.90. The number of rotatable bonds is 9. The minimum Gasteiger partial charge on any atom is -0.382 e. The molecule has 4 nitrogen and oxygen atoms in total. The molecule has 1 saturated heterocycles. The van der Waals surface area contributed by atoms with E-state index in [2.05, 4.69) is 10.6 Å². The van der Waals surface area contributed by atoms with E-state index in [4.69, 9.17) is 4.74 Å². The molecule has 0 aromatic carbocycles. The van der Waals surface area contributed by atoms with Crippen LogP contribution in [0.25, 0.3) is 0 Å². The Morgan fingerprint density at radius 2 is 2.05 bits per heavy atom. The smallest absolute Gasteiger partial charge is 0.220 e. The van der Waals surface area contributed by atoms with Gasteiger partial charge in [0, 0.05) is 26.2 Å². The Hall–Kier alpha value is -0.320. The van der Waals surface area contributed by atoms with Gasteiger partial charge in [0.2, 0.25) is 5.91 Å². The fraction of sp³-hybridized carbons (Fsp3) is 0.941. The topological polar surface area (TPSA) is 50.4 Å². The van der Waals surface area contributed by atoms with Gasteiger partial charge in [0.1, 0.15) is 0 Å². The summed E-state index contributed by atoms with van der Waals surface area (Å²) in [6.45, 7) is 6.75. The number of carbonyl (C=O) groups is 1. The maximum atomic E-state index is 12.0. The first-order valence-electron chi connectivity index (χ1n) is 8.79. The number of amides is 1. The standard InChI is InChI=1S/C17H32N2O2.ClH/c1-2-21-13-10-17(8-3-9-17)14-19-16(20)5-4-15-6-11-18-12-7-15;/h15,18H,2-14H2,1H3,(H,19,20);1H. The van der Waals surface area contributed by atoms with Crippen LogP contribution in [0.3, 0.4) is 0 Å². The largest absolute Gasteiger partial charge is 0.382 e. The van der Waals surface area contributed by atoms with Crippen molar-refractivity contribution in [3.63, 3.8) is 0 Å². The van der Waals surface area contributed by atoms with Gasteiger partial charge in [0.05, 0.1) is 0 Å². The van der Waals surface area contributed by atoms with Gasteiger partial charge in [-0.05, 0) is 69.9 Å². The van der Waals surface area contributed by atoms with Crippen molar-refractivity contribution in [2.24, 2.45) is 11.3 Å². The van der Waals surface area contributed by atoms with Crippen molar-refractivity contribution in [3.05, 3.63) is 0 Å². The van der Waals surface area contributed by atoms with E-state index in [1.165, 1.54) is 32.1 Å². The number of piperidine rings is 1. The number of carbonyl (C=O) groups excluding carboxylic acids is 1. The Kier molecular flexibility index (Phi) is 9.37. The zero-order valence-corrected chi connectivity index (χ0v) is 14.8. The van der Waals surface area contributed by atoms with Gasteiger partial charge < -0.3 is 15.4 Å². The van der Waals surface area contributed by atoms with Gasteiger partial charge >= 0.3 is 0 Å². The summed E-state index contributed by atoms with van der Waals surface area (Å²) < 4.78 is 5.48. The van der Waals surface area contributed by atoms with Crippen molar-refractivity contribution in [2.45, 2.75) is 58.3 Å². The normalized spacial score (nSPS) is 20.8. The maximum Gasteiger partial charge on any atom is 0.220 e. The van der Waals surface area contributed by atoms with E-state index >= 15 is 0 Å². The Labute approximate surface area is 141 Å². The predicted molar refractivity (Wildman–Crippen MR) is 92.5 cm³/mol. The molecule has 2 fully saturated rings. The molecule has 1 saturated carbocycles. The van der Waals surface area contributed by atoms with E-state index < -0.39 is 0 Å². The molecule has 0 aromatic rings. The van der Waals surface area contributed by atoms with Crippen LogP contribution in [0.4, 0.5) is 0 Å². The average Bonchev–Trinajstić information content (AvgIpc) is 2.48. The first kappa shape index (κ1) is 19.7. The van der Waals surface area contributed by atoms with Gasteiger partial charge in [-0.25, -0.2) is 0 Å². The first-order chi connectivity index (χ1) is 10.2. The molecule has 1 aliphatic carbocycles. The molecular formula is C17H33ClN2O2. The van der Waals surface area contributed by atoms with Gasteiger partial charge in [-0.2, -0.15) is 0 Å². The fourth-order valence-electron chi connectivity index (χ4n) is 3.51. The number of nitrogens with one attached hydrogen (secondary N) is 2. The van der Waals surface area contributed by atoms with Crippen molar-refractivity contribution in [2.75, 3.05) is 32.8 Å². The molecule has 2 rings (SSSR count). The maximum absolute atomic E-state index is 12.0. The second-order valence-corrected chi connectivity index (χ2v) is 6.81. The van der Waals surface area contributed by atoms with E-state index in [-0.39, 0.29) is 18.3 Å². The summed E-state index contributed by atoms with van der Waals surface area (Å²) in [5.41, 5.74) is 0.333. The molecular weight excluding hydrogens is 300 g/mol. The third-order valence-corrected chi connectivity index (χ3v) is 5.29. The van der Waals surface area contributed by atoms with Crippen LogP contribution in [0, 0.1) is 11.3 Å². The van der Waals surface area contributed by atoms with Gasteiger partial charge in [0.25, 0.3) is 0 Å². The van der Waals surface area contributed by atoms with Gasteiger partial charge in [-0.15, -0.1) is 12.4 Å².